The van der Waals surface area contributed by atoms with Crippen molar-refractivity contribution in [1.29, 1.82) is 0 Å². The molecule has 5 rings (SSSR count). The Morgan fingerprint density at radius 2 is 1.84 bits per heavy atom. The van der Waals surface area contributed by atoms with Crippen LogP contribution in [-0.4, -0.2) is 34.2 Å². The number of aromatic nitrogens is 3. The fourth-order valence-corrected chi connectivity index (χ4v) is 3.91. The number of rotatable bonds is 5. The number of nitrogens with one attached hydrogen (secondary N) is 2. The molecule has 6 nitrogen and oxygen atoms in total. The van der Waals surface area contributed by atoms with Gasteiger partial charge in [-0.25, -0.2) is 14.4 Å². The number of hydrogen-bond acceptors (Lipinski definition) is 6. The number of fused-ring (bicyclic) bond motifs is 1. The molecule has 1 aliphatic heterocycles. The quantitative estimate of drug-likeness (QED) is 0.400. The van der Waals surface area contributed by atoms with Gasteiger partial charge >= 0.3 is 0 Å². The van der Waals surface area contributed by atoms with E-state index in [9.17, 15) is 4.39 Å². The molecule has 0 saturated carbocycles. The molecule has 1 fully saturated rings. The summed E-state index contributed by atoms with van der Waals surface area (Å²) in [7, 11) is 0. The van der Waals surface area contributed by atoms with Gasteiger partial charge in [-0.2, -0.15) is 0 Å². The SMILES string of the molecule is Fc1ccc(Nc2nc(-c3cccnc3)nc3cc(NC4CCOCC4)ccc23)cc1Cl. The maximum Gasteiger partial charge on any atom is 0.163 e. The summed E-state index contributed by atoms with van der Waals surface area (Å²) < 4.78 is 19.1. The van der Waals surface area contributed by atoms with Crippen molar-refractivity contribution in [3.8, 4) is 11.4 Å². The molecule has 4 aromatic rings. The third-order valence-electron chi connectivity index (χ3n) is 5.39. The third kappa shape index (κ3) is 4.49. The normalized spacial score (nSPS) is 14.4. The van der Waals surface area contributed by atoms with Crippen LogP contribution in [0, 0.1) is 5.82 Å². The van der Waals surface area contributed by atoms with E-state index in [0.717, 1.165) is 48.2 Å². The zero-order chi connectivity index (χ0) is 21.9. The zero-order valence-electron chi connectivity index (χ0n) is 17.2. The molecule has 32 heavy (non-hydrogen) atoms. The number of ether oxygens (including phenoxy) is 1. The van der Waals surface area contributed by atoms with E-state index in [1.165, 1.54) is 12.1 Å². The van der Waals surface area contributed by atoms with Gasteiger partial charge in [0.1, 0.15) is 11.6 Å². The molecule has 2 N–H and O–H groups in total. The smallest absolute Gasteiger partial charge is 0.163 e. The molecule has 1 aliphatic rings. The van der Waals surface area contributed by atoms with E-state index in [4.69, 9.17) is 26.3 Å². The van der Waals surface area contributed by atoms with Crippen molar-refractivity contribution in [2.24, 2.45) is 0 Å². The lowest BCUT2D eigenvalue weighted by Crippen LogP contribution is -2.27. The Balaban J connectivity index is 1.56. The minimum atomic E-state index is -0.468. The third-order valence-corrected chi connectivity index (χ3v) is 5.68. The second kappa shape index (κ2) is 9.06. The summed E-state index contributed by atoms with van der Waals surface area (Å²) in [5.41, 5.74) is 3.22. The zero-order valence-corrected chi connectivity index (χ0v) is 17.9. The molecule has 2 aromatic heterocycles. The lowest BCUT2D eigenvalue weighted by atomic mass is 10.1. The topological polar surface area (TPSA) is 72.0 Å². The first-order valence-electron chi connectivity index (χ1n) is 10.4. The molecule has 0 atom stereocenters. The fourth-order valence-electron chi connectivity index (χ4n) is 3.73. The maximum atomic E-state index is 13.6. The van der Waals surface area contributed by atoms with Gasteiger partial charge in [0.25, 0.3) is 0 Å². The number of hydrogen-bond donors (Lipinski definition) is 2. The Morgan fingerprint density at radius 1 is 1.00 bits per heavy atom. The Morgan fingerprint density at radius 3 is 2.62 bits per heavy atom. The average Bonchev–Trinajstić information content (AvgIpc) is 2.82. The van der Waals surface area contributed by atoms with E-state index in [0.29, 0.717) is 23.4 Å². The van der Waals surface area contributed by atoms with Gasteiger partial charge in [-0.1, -0.05) is 11.6 Å². The summed E-state index contributed by atoms with van der Waals surface area (Å²) in [5, 5.41) is 7.74. The van der Waals surface area contributed by atoms with E-state index in [1.807, 2.05) is 30.3 Å². The standard InChI is InChI=1S/C24H21ClFN5O/c25-20-12-17(4-6-21(20)26)29-24-19-5-3-18(28-16-7-10-32-11-8-16)13-22(19)30-23(31-24)15-2-1-9-27-14-15/h1-6,9,12-14,16,28H,7-8,10-11H2,(H,29,30,31). The highest BCUT2D eigenvalue weighted by molar-refractivity contribution is 6.31. The summed E-state index contributed by atoms with van der Waals surface area (Å²) in [6.45, 7) is 1.54. The van der Waals surface area contributed by atoms with Gasteiger partial charge in [0.05, 0.1) is 10.5 Å². The Hall–Kier alpha value is -3.29. The summed E-state index contributed by atoms with van der Waals surface area (Å²) in [6.07, 6.45) is 5.38. The summed E-state index contributed by atoms with van der Waals surface area (Å²) in [5.74, 6) is 0.684. The van der Waals surface area contributed by atoms with Crippen molar-refractivity contribution < 1.29 is 9.13 Å². The highest BCUT2D eigenvalue weighted by Crippen LogP contribution is 2.30. The minimum absolute atomic E-state index is 0.0452. The van der Waals surface area contributed by atoms with Gasteiger partial charge in [0, 0.05) is 54.0 Å². The highest BCUT2D eigenvalue weighted by Gasteiger charge is 2.15. The van der Waals surface area contributed by atoms with Crippen LogP contribution in [-0.2, 0) is 4.74 Å². The van der Waals surface area contributed by atoms with Gasteiger partial charge in [0.2, 0.25) is 0 Å². The molecule has 162 valence electrons. The molecule has 0 amide bonds. The molecule has 0 aliphatic carbocycles. The number of anilines is 3. The second-order valence-electron chi connectivity index (χ2n) is 7.65. The molecule has 0 spiro atoms. The molecule has 0 bridgehead atoms. The van der Waals surface area contributed by atoms with Crippen molar-refractivity contribution in [3.63, 3.8) is 0 Å². The monoisotopic (exact) mass is 449 g/mol. The molecule has 0 radical (unpaired) electrons. The molecule has 3 heterocycles. The van der Waals surface area contributed by atoms with Crippen molar-refractivity contribution in [3.05, 3.63) is 71.8 Å². The van der Waals surface area contributed by atoms with E-state index in [1.54, 1.807) is 18.5 Å². The van der Waals surface area contributed by atoms with Crippen molar-refractivity contribution in [2.75, 3.05) is 23.8 Å². The predicted octanol–water partition coefficient (Wildman–Crippen LogP) is 5.82. The van der Waals surface area contributed by atoms with Gasteiger partial charge < -0.3 is 15.4 Å². The number of nitrogens with zero attached hydrogens (tertiary/aromatic N) is 3. The van der Waals surface area contributed by atoms with Crippen LogP contribution in [0.5, 0.6) is 0 Å². The Labute approximate surface area is 189 Å². The second-order valence-corrected chi connectivity index (χ2v) is 8.06. The van der Waals surface area contributed by atoms with Crippen LogP contribution < -0.4 is 10.6 Å². The Bertz CT molecular complexity index is 1250. The molecular formula is C24H21ClFN5O. The van der Waals surface area contributed by atoms with Crippen LogP contribution >= 0.6 is 11.6 Å². The lowest BCUT2D eigenvalue weighted by Gasteiger charge is -2.24. The largest absolute Gasteiger partial charge is 0.382 e. The van der Waals surface area contributed by atoms with Crippen molar-refractivity contribution in [1.82, 2.24) is 15.0 Å². The van der Waals surface area contributed by atoms with Crippen LogP contribution in [0.1, 0.15) is 12.8 Å². The number of benzene rings is 2. The van der Waals surface area contributed by atoms with Crippen LogP contribution in [0.4, 0.5) is 21.6 Å². The maximum absolute atomic E-state index is 13.6. The molecule has 0 unspecified atom stereocenters. The van der Waals surface area contributed by atoms with E-state index >= 15 is 0 Å². The highest BCUT2D eigenvalue weighted by atomic mass is 35.5. The van der Waals surface area contributed by atoms with Crippen molar-refractivity contribution in [2.45, 2.75) is 18.9 Å². The van der Waals surface area contributed by atoms with Crippen LogP contribution in [0.3, 0.4) is 0 Å². The van der Waals surface area contributed by atoms with Crippen molar-refractivity contribution >= 4 is 39.7 Å². The van der Waals surface area contributed by atoms with Gasteiger partial charge in [0.15, 0.2) is 5.82 Å². The fraction of sp³-hybridized carbons (Fsp3) is 0.208. The van der Waals surface area contributed by atoms with E-state index in [2.05, 4.69) is 15.6 Å². The van der Waals surface area contributed by atoms with Crippen LogP contribution in [0.25, 0.3) is 22.3 Å². The first-order valence-corrected chi connectivity index (χ1v) is 10.8. The van der Waals surface area contributed by atoms with Gasteiger partial charge in [-0.3, -0.25) is 4.98 Å². The van der Waals surface area contributed by atoms with E-state index in [-0.39, 0.29) is 5.02 Å². The minimum Gasteiger partial charge on any atom is -0.382 e. The summed E-state index contributed by atoms with van der Waals surface area (Å²) in [4.78, 5) is 13.7. The Kier molecular flexibility index (Phi) is 5.83. The molecular weight excluding hydrogens is 429 g/mol. The van der Waals surface area contributed by atoms with Crippen LogP contribution in [0.15, 0.2) is 60.9 Å². The number of halogens is 2. The number of pyridine rings is 1. The predicted molar refractivity (Wildman–Crippen MR) is 125 cm³/mol. The summed E-state index contributed by atoms with van der Waals surface area (Å²) >= 11 is 5.97. The van der Waals surface area contributed by atoms with Gasteiger partial charge in [-0.15, -0.1) is 0 Å². The van der Waals surface area contributed by atoms with Gasteiger partial charge in [-0.05, 0) is 61.4 Å². The molecule has 8 heteroatoms. The molecule has 2 aromatic carbocycles. The lowest BCUT2D eigenvalue weighted by molar-refractivity contribution is 0.0904. The average molecular weight is 450 g/mol. The first-order chi connectivity index (χ1) is 15.7. The molecule has 1 saturated heterocycles. The van der Waals surface area contributed by atoms with E-state index < -0.39 is 5.82 Å². The first kappa shape index (κ1) is 20.6. The summed E-state index contributed by atoms with van der Waals surface area (Å²) in [6, 6.07) is 14.7. The van der Waals surface area contributed by atoms with Crippen LogP contribution in [0.2, 0.25) is 5.02 Å².